The van der Waals surface area contributed by atoms with E-state index in [4.69, 9.17) is 15.3 Å². The largest absolute Gasteiger partial charge is 0.479 e. The molecule has 0 aromatic heterocycles. The maximum Gasteiger partial charge on any atom is 0.300 e. The van der Waals surface area contributed by atoms with Crippen molar-refractivity contribution in [1.82, 2.24) is 0 Å². The summed E-state index contributed by atoms with van der Waals surface area (Å²) in [5, 5.41) is 0. The second kappa shape index (κ2) is 5.71. The molecule has 1 aromatic carbocycles. The van der Waals surface area contributed by atoms with Gasteiger partial charge in [-0.15, -0.1) is 6.42 Å². The van der Waals surface area contributed by atoms with E-state index in [1.54, 1.807) is 19.1 Å². The first kappa shape index (κ1) is 13.6. The predicted molar refractivity (Wildman–Crippen MR) is 64.3 cm³/mol. The Kier molecular flexibility index (Phi) is 4.55. The van der Waals surface area contributed by atoms with Crippen LogP contribution in [0.3, 0.4) is 0 Å². The molecule has 0 unspecified atom stereocenters. The van der Waals surface area contributed by atoms with Gasteiger partial charge < -0.3 is 4.74 Å². The summed E-state index contributed by atoms with van der Waals surface area (Å²) in [6, 6.07) is 4.74. The molecule has 0 aliphatic rings. The van der Waals surface area contributed by atoms with Crippen LogP contribution in [0.2, 0.25) is 0 Å². The molecule has 0 saturated carbocycles. The maximum absolute atomic E-state index is 11.8. The van der Waals surface area contributed by atoms with Crippen LogP contribution in [0.4, 0.5) is 0 Å². The number of hydrogen-bond donors (Lipinski definition) is 0. The topological polar surface area (TPSA) is 52.6 Å². The summed E-state index contributed by atoms with van der Waals surface area (Å²) in [5.74, 6) is 2.51. The molecule has 0 aliphatic heterocycles. The monoisotopic (exact) mass is 254 g/mol. The van der Waals surface area contributed by atoms with E-state index in [-0.39, 0.29) is 23.9 Å². The minimum Gasteiger partial charge on any atom is -0.479 e. The lowest BCUT2D eigenvalue weighted by molar-refractivity contribution is 0.327. The fourth-order valence-corrected chi connectivity index (χ4v) is 2.31. The van der Waals surface area contributed by atoms with Crippen LogP contribution in [0.25, 0.3) is 0 Å². The van der Waals surface area contributed by atoms with E-state index in [0.717, 1.165) is 5.56 Å². The van der Waals surface area contributed by atoms with Gasteiger partial charge >= 0.3 is 10.1 Å². The highest BCUT2D eigenvalue weighted by Gasteiger charge is 2.20. The summed E-state index contributed by atoms with van der Waals surface area (Å²) in [6.07, 6.45) is 5.08. The molecule has 1 rings (SSSR count). The Morgan fingerprint density at radius 3 is 2.71 bits per heavy atom. The Labute approximate surface area is 102 Å². The van der Waals surface area contributed by atoms with E-state index in [0.29, 0.717) is 0 Å². The lowest BCUT2D eigenvalue weighted by Crippen LogP contribution is -2.09. The number of terminal acetylenes is 1. The van der Waals surface area contributed by atoms with Gasteiger partial charge in [-0.05, 0) is 31.5 Å². The second-order valence-corrected chi connectivity index (χ2v) is 4.89. The number of aryl methyl sites for hydroxylation is 1. The first-order valence-electron chi connectivity index (χ1n) is 5.07. The normalized spacial score (nSPS) is 10.9. The molecule has 0 spiro atoms. The van der Waals surface area contributed by atoms with Gasteiger partial charge in [-0.3, -0.25) is 4.18 Å². The van der Waals surface area contributed by atoms with Crippen molar-refractivity contribution < 1.29 is 17.3 Å². The average molecular weight is 254 g/mol. The lowest BCUT2D eigenvalue weighted by atomic mass is 10.2. The summed E-state index contributed by atoms with van der Waals surface area (Å²) in [7, 11) is -3.78. The van der Waals surface area contributed by atoms with Gasteiger partial charge in [0, 0.05) is 0 Å². The first-order chi connectivity index (χ1) is 8.01. The molecule has 1 aromatic rings. The van der Waals surface area contributed by atoms with Crippen molar-refractivity contribution >= 4 is 10.1 Å². The highest BCUT2D eigenvalue weighted by Crippen LogP contribution is 2.26. The van der Waals surface area contributed by atoms with Crippen molar-refractivity contribution in [1.29, 1.82) is 0 Å². The van der Waals surface area contributed by atoms with Gasteiger partial charge in [0.05, 0.1) is 6.61 Å². The highest BCUT2D eigenvalue weighted by molar-refractivity contribution is 7.86. The van der Waals surface area contributed by atoms with Crippen LogP contribution in [-0.2, 0) is 14.3 Å². The van der Waals surface area contributed by atoms with Gasteiger partial charge in [0.15, 0.2) is 0 Å². The molecule has 0 atom stereocenters. The van der Waals surface area contributed by atoms with Crippen LogP contribution < -0.4 is 4.74 Å². The number of benzene rings is 1. The summed E-state index contributed by atoms with van der Waals surface area (Å²) in [6.45, 7) is 3.52. The highest BCUT2D eigenvalue weighted by atomic mass is 32.2. The summed E-state index contributed by atoms with van der Waals surface area (Å²) >= 11 is 0. The Balaban J connectivity index is 3.19. The SMILES string of the molecule is C#CCOc1cc(C)ccc1S(=O)(=O)OCC. The Morgan fingerprint density at radius 1 is 1.41 bits per heavy atom. The molecular weight excluding hydrogens is 240 g/mol. The fraction of sp³-hybridized carbons (Fsp3) is 0.333. The van der Waals surface area contributed by atoms with E-state index >= 15 is 0 Å². The van der Waals surface area contributed by atoms with Crippen LogP contribution in [-0.4, -0.2) is 21.6 Å². The smallest absolute Gasteiger partial charge is 0.300 e. The van der Waals surface area contributed by atoms with Crippen molar-refractivity contribution in [2.75, 3.05) is 13.2 Å². The number of ether oxygens (including phenoxy) is 1. The second-order valence-electron chi connectivity index (χ2n) is 3.30. The van der Waals surface area contributed by atoms with Gasteiger partial charge in [0.1, 0.15) is 17.3 Å². The Hall–Kier alpha value is -1.51. The van der Waals surface area contributed by atoms with Crippen LogP contribution in [0.5, 0.6) is 5.75 Å². The van der Waals surface area contributed by atoms with Gasteiger partial charge in [-0.1, -0.05) is 12.0 Å². The molecule has 92 valence electrons. The molecule has 0 radical (unpaired) electrons. The van der Waals surface area contributed by atoms with Gasteiger partial charge in [0.2, 0.25) is 0 Å². The van der Waals surface area contributed by atoms with Crippen molar-refractivity contribution in [3.05, 3.63) is 23.8 Å². The fourth-order valence-electron chi connectivity index (χ4n) is 1.27. The maximum atomic E-state index is 11.8. The molecule has 0 fully saturated rings. The van der Waals surface area contributed by atoms with Crippen molar-refractivity contribution in [3.63, 3.8) is 0 Å². The van der Waals surface area contributed by atoms with Crippen molar-refractivity contribution in [2.24, 2.45) is 0 Å². The molecule has 4 nitrogen and oxygen atoms in total. The zero-order valence-corrected chi connectivity index (χ0v) is 10.6. The minimum absolute atomic E-state index is 0.000185. The third-order valence-electron chi connectivity index (χ3n) is 1.95. The van der Waals surface area contributed by atoms with E-state index in [1.807, 2.05) is 6.92 Å². The Morgan fingerprint density at radius 2 is 2.12 bits per heavy atom. The first-order valence-corrected chi connectivity index (χ1v) is 6.48. The van der Waals surface area contributed by atoms with E-state index in [2.05, 4.69) is 5.92 Å². The minimum atomic E-state index is -3.78. The van der Waals surface area contributed by atoms with Gasteiger partial charge in [-0.2, -0.15) is 8.42 Å². The molecule has 0 N–H and O–H groups in total. The zero-order chi connectivity index (χ0) is 12.9. The molecule has 0 aliphatic carbocycles. The van der Waals surface area contributed by atoms with Gasteiger partial charge in [-0.25, -0.2) is 0 Å². The van der Waals surface area contributed by atoms with Crippen molar-refractivity contribution in [2.45, 2.75) is 18.7 Å². The molecule has 17 heavy (non-hydrogen) atoms. The molecule has 0 heterocycles. The summed E-state index contributed by atoms with van der Waals surface area (Å²) in [5.41, 5.74) is 0.882. The quantitative estimate of drug-likeness (QED) is 0.593. The summed E-state index contributed by atoms with van der Waals surface area (Å²) in [4.78, 5) is 0.000185. The molecule has 0 bridgehead atoms. The summed E-state index contributed by atoms with van der Waals surface area (Å²) < 4.78 is 33.5. The van der Waals surface area contributed by atoms with Crippen LogP contribution in [0, 0.1) is 19.3 Å². The Bertz CT molecular complexity index is 526. The van der Waals surface area contributed by atoms with E-state index in [1.165, 1.54) is 6.07 Å². The average Bonchev–Trinajstić information content (AvgIpc) is 2.26. The third-order valence-corrected chi connectivity index (χ3v) is 3.37. The molecule has 0 amide bonds. The van der Waals surface area contributed by atoms with Gasteiger partial charge in [0.25, 0.3) is 0 Å². The number of hydrogen-bond acceptors (Lipinski definition) is 4. The van der Waals surface area contributed by atoms with Crippen LogP contribution >= 0.6 is 0 Å². The van der Waals surface area contributed by atoms with Crippen LogP contribution in [0.1, 0.15) is 12.5 Å². The molecule has 5 heteroatoms. The standard InChI is InChI=1S/C12H14O4S/c1-4-8-15-11-9-10(3)6-7-12(11)17(13,14)16-5-2/h1,6-7,9H,5,8H2,2-3H3. The van der Waals surface area contributed by atoms with Crippen LogP contribution in [0.15, 0.2) is 23.1 Å². The van der Waals surface area contributed by atoms with Crippen molar-refractivity contribution in [3.8, 4) is 18.1 Å². The van der Waals surface area contributed by atoms with E-state index in [9.17, 15) is 8.42 Å². The van der Waals surface area contributed by atoms with E-state index < -0.39 is 10.1 Å². The lowest BCUT2D eigenvalue weighted by Gasteiger charge is -2.10. The zero-order valence-electron chi connectivity index (χ0n) is 9.76. The molecule has 0 saturated heterocycles. The molecular formula is C12H14O4S. The predicted octanol–water partition coefficient (Wildman–Crippen LogP) is 1.73. The third kappa shape index (κ3) is 3.48. The number of rotatable bonds is 5.